The highest BCUT2D eigenvalue weighted by atomic mass is 15.0. The van der Waals surface area contributed by atoms with Gasteiger partial charge < -0.3 is 9.13 Å². The topological polar surface area (TPSA) is 9.86 Å². The Morgan fingerprint density at radius 1 is 0.659 bits per heavy atom. The van der Waals surface area contributed by atoms with Gasteiger partial charge in [-0.25, -0.2) is 0 Å². The molecule has 0 saturated heterocycles. The Hall–Kier alpha value is -4.82. The van der Waals surface area contributed by atoms with Crippen LogP contribution >= 0.6 is 0 Å². The lowest BCUT2D eigenvalue weighted by atomic mass is 9.96. The summed E-state index contributed by atoms with van der Waals surface area (Å²) in [5, 5.41) is 3.77. The van der Waals surface area contributed by atoms with Crippen LogP contribution in [0.4, 0.5) is 0 Å². The zero-order valence-electron chi connectivity index (χ0n) is 24.1. The molecule has 0 fully saturated rings. The summed E-state index contributed by atoms with van der Waals surface area (Å²) in [7, 11) is 0. The molecule has 0 aliphatic heterocycles. The molecular formula is C39H36N2. The second-order valence-corrected chi connectivity index (χ2v) is 10.1. The Bertz CT molecular complexity index is 1970. The monoisotopic (exact) mass is 532 g/mol. The third-order valence-corrected chi connectivity index (χ3v) is 7.95. The third kappa shape index (κ3) is 4.46. The van der Waals surface area contributed by atoms with Crippen LogP contribution in [-0.4, -0.2) is 9.13 Å². The molecule has 0 N–H and O–H groups in total. The summed E-state index contributed by atoms with van der Waals surface area (Å²) in [6.07, 6.45) is 12.9. The summed E-state index contributed by atoms with van der Waals surface area (Å²) >= 11 is 0. The van der Waals surface area contributed by atoms with E-state index in [1.54, 1.807) is 0 Å². The van der Waals surface area contributed by atoms with E-state index in [4.69, 9.17) is 0 Å². The van der Waals surface area contributed by atoms with E-state index in [9.17, 15) is 0 Å². The summed E-state index contributed by atoms with van der Waals surface area (Å²) in [4.78, 5) is 0. The van der Waals surface area contributed by atoms with Crippen LogP contribution in [0.2, 0.25) is 0 Å². The van der Waals surface area contributed by atoms with E-state index in [0.717, 1.165) is 24.2 Å². The largest absolute Gasteiger partial charge is 0.313 e. The quantitative estimate of drug-likeness (QED) is 0.209. The normalized spacial score (nSPS) is 13.3. The predicted octanol–water partition coefficient (Wildman–Crippen LogP) is 11.2. The molecule has 0 saturated carbocycles. The summed E-state index contributed by atoms with van der Waals surface area (Å²) < 4.78 is 4.83. The number of benzene rings is 4. The van der Waals surface area contributed by atoms with E-state index in [0.29, 0.717) is 0 Å². The molecule has 41 heavy (non-hydrogen) atoms. The Morgan fingerprint density at radius 3 is 2.00 bits per heavy atom. The van der Waals surface area contributed by atoms with Crippen molar-refractivity contribution < 1.29 is 0 Å². The molecule has 2 nitrogen and oxygen atoms in total. The molecule has 0 spiro atoms. The number of hydrogen-bond donors (Lipinski definition) is 0. The maximum atomic E-state index is 4.14. The molecule has 2 aromatic heterocycles. The van der Waals surface area contributed by atoms with Gasteiger partial charge in [0.1, 0.15) is 0 Å². The standard InChI is InChI=1S/C37H30N2.C2H6/c1-3-12-34-30(4-2)31-15-8-10-17-35(31)39(34)29-23-24-37-33(25-29)32-16-9-11-18-36(32)38(37)28-21-19-27(20-22-28)26-13-6-5-7-14-26;1-2/h3-19,21,23-25H,2,20,22H2,1H3;1-2H3/b12-3-;. The minimum atomic E-state index is 1.01. The van der Waals surface area contributed by atoms with Crippen molar-refractivity contribution in [2.75, 3.05) is 0 Å². The first-order chi connectivity index (χ1) is 20.3. The van der Waals surface area contributed by atoms with Crippen LogP contribution in [-0.2, 0) is 0 Å². The Labute approximate surface area is 242 Å². The molecule has 0 bridgehead atoms. The number of para-hydroxylation sites is 2. The maximum Gasteiger partial charge on any atom is 0.0541 e. The molecule has 0 amide bonds. The summed E-state index contributed by atoms with van der Waals surface area (Å²) in [5.41, 5.74) is 11.2. The van der Waals surface area contributed by atoms with Gasteiger partial charge in [-0.05, 0) is 73.4 Å². The van der Waals surface area contributed by atoms with Crippen molar-refractivity contribution in [2.45, 2.75) is 33.6 Å². The van der Waals surface area contributed by atoms with Gasteiger partial charge in [0.15, 0.2) is 0 Å². The molecule has 1 aliphatic rings. The Balaban J connectivity index is 0.00000148. The molecule has 6 aromatic rings. The Kier molecular flexibility index (Phi) is 7.31. The first-order valence-corrected chi connectivity index (χ1v) is 14.7. The number of hydrogen-bond acceptors (Lipinski definition) is 0. The Morgan fingerprint density at radius 2 is 1.32 bits per heavy atom. The van der Waals surface area contributed by atoms with Crippen molar-refractivity contribution in [1.29, 1.82) is 0 Å². The first-order valence-electron chi connectivity index (χ1n) is 14.7. The van der Waals surface area contributed by atoms with Crippen LogP contribution in [0.1, 0.15) is 50.4 Å². The van der Waals surface area contributed by atoms with Crippen molar-refractivity contribution in [3.05, 3.63) is 139 Å². The smallest absolute Gasteiger partial charge is 0.0541 e. The molecule has 2 heteroatoms. The van der Waals surface area contributed by atoms with E-state index < -0.39 is 0 Å². The maximum absolute atomic E-state index is 4.14. The minimum absolute atomic E-state index is 1.01. The molecule has 0 unspecified atom stereocenters. The highest BCUT2D eigenvalue weighted by Crippen LogP contribution is 2.38. The van der Waals surface area contributed by atoms with E-state index in [1.165, 1.54) is 55.1 Å². The second kappa shape index (κ2) is 11.3. The third-order valence-electron chi connectivity index (χ3n) is 7.95. The van der Waals surface area contributed by atoms with Gasteiger partial charge in [0.2, 0.25) is 0 Å². The number of aromatic nitrogens is 2. The van der Waals surface area contributed by atoms with Gasteiger partial charge in [-0.15, -0.1) is 0 Å². The van der Waals surface area contributed by atoms with Gasteiger partial charge in [0, 0.05) is 33.1 Å². The van der Waals surface area contributed by atoms with Gasteiger partial charge in [-0.1, -0.05) is 105 Å². The van der Waals surface area contributed by atoms with Gasteiger partial charge in [0.25, 0.3) is 0 Å². The number of allylic oxidation sites excluding steroid dienone is 5. The van der Waals surface area contributed by atoms with E-state index in [1.807, 2.05) is 19.9 Å². The highest BCUT2D eigenvalue weighted by Gasteiger charge is 2.19. The molecule has 2 heterocycles. The summed E-state index contributed by atoms with van der Waals surface area (Å²) in [6.45, 7) is 10.2. The predicted molar refractivity (Wildman–Crippen MR) is 180 cm³/mol. The molecule has 0 atom stereocenters. The van der Waals surface area contributed by atoms with Crippen LogP contribution in [0.15, 0.2) is 122 Å². The highest BCUT2D eigenvalue weighted by molar-refractivity contribution is 6.11. The van der Waals surface area contributed by atoms with E-state index in [-0.39, 0.29) is 0 Å². The van der Waals surface area contributed by atoms with Crippen LogP contribution in [0.5, 0.6) is 0 Å². The molecule has 4 aromatic carbocycles. The average Bonchev–Trinajstić information content (AvgIpc) is 3.54. The van der Waals surface area contributed by atoms with Crippen LogP contribution < -0.4 is 0 Å². The lowest BCUT2D eigenvalue weighted by Crippen LogP contribution is -2.01. The zero-order chi connectivity index (χ0) is 28.3. The first kappa shape index (κ1) is 26.4. The number of nitrogens with zero attached hydrogens (tertiary/aromatic N) is 2. The molecular weight excluding hydrogens is 496 g/mol. The fourth-order valence-electron chi connectivity index (χ4n) is 6.21. The van der Waals surface area contributed by atoms with Crippen LogP contribution in [0, 0.1) is 0 Å². The lowest BCUT2D eigenvalue weighted by molar-refractivity contribution is 0.992. The fourth-order valence-corrected chi connectivity index (χ4v) is 6.21. The summed E-state index contributed by atoms with van der Waals surface area (Å²) in [5.74, 6) is 0. The summed E-state index contributed by atoms with van der Waals surface area (Å²) in [6, 6.07) is 35.0. The van der Waals surface area contributed by atoms with E-state index in [2.05, 4.69) is 144 Å². The van der Waals surface area contributed by atoms with Gasteiger partial charge in [0.05, 0.1) is 22.2 Å². The minimum Gasteiger partial charge on any atom is -0.313 e. The van der Waals surface area contributed by atoms with E-state index >= 15 is 0 Å². The van der Waals surface area contributed by atoms with Gasteiger partial charge >= 0.3 is 0 Å². The average molecular weight is 533 g/mol. The zero-order valence-corrected chi connectivity index (χ0v) is 24.1. The van der Waals surface area contributed by atoms with Crippen molar-refractivity contribution in [2.24, 2.45) is 0 Å². The van der Waals surface area contributed by atoms with Gasteiger partial charge in [-0.3, -0.25) is 0 Å². The molecule has 202 valence electrons. The number of rotatable bonds is 5. The molecule has 0 radical (unpaired) electrons. The van der Waals surface area contributed by atoms with Crippen molar-refractivity contribution >= 4 is 56.1 Å². The SMILES string of the molecule is C=Cc1c(/C=C\C)n(-c2ccc3c(c2)c2ccccc2n3C2=CC=C(c3ccccc3)CC2)c2ccccc12.CC. The van der Waals surface area contributed by atoms with Crippen molar-refractivity contribution in [3.63, 3.8) is 0 Å². The van der Waals surface area contributed by atoms with Gasteiger partial charge in [-0.2, -0.15) is 0 Å². The van der Waals surface area contributed by atoms with Crippen LogP contribution in [0.3, 0.4) is 0 Å². The number of fused-ring (bicyclic) bond motifs is 4. The van der Waals surface area contributed by atoms with Crippen molar-refractivity contribution in [3.8, 4) is 5.69 Å². The lowest BCUT2D eigenvalue weighted by Gasteiger charge is -2.18. The van der Waals surface area contributed by atoms with Crippen molar-refractivity contribution in [1.82, 2.24) is 9.13 Å². The molecule has 1 aliphatic carbocycles. The van der Waals surface area contributed by atoms with Crippen LogP contribution in [0.25, 0.3) is 61.8 Å². The molecule has 7 rings (SSSR count). The second-order valence-electron chi connectivity index (χ2n) is 10.1. The fraction of sp³-hybridized carbons (Fsp3) is 0.128.